The summed E-state index contributed by atoms with van der Waals surface area (Å²) in [6, 6.07) is 6.29. The minimum atomic E-state index is 0.225. The van der Waals surface area contributed by atoms with Crippen LogP contribution < -0.4 is 5.73 Å². The zero-order valence-electron chi connectivity index (χ0n) is 7.92. The summed E-state index contributed by atoms with van der Waals surface area (Å²) in [6.45, 7) is 4.18. The second kappa shape index (κ2) is 4.33. The first-order valence-electron chi connectivity index (χ1n) is 4.12. The molecule has 3 heteroatoms. The molecular formula is C10H14N2S. The zero-order chi connectivity index (χ0) is 9.84. The van der Waals surface area contributed by atoms with Crippen LogP contribution in [-0.2, 0) is 0 Å². The molecule has 1 rings (SSSR count). The number of nitrogens with two attached hydrogens (primary N) is 1. The van der Waals surface area contributed by atoms with E-state index in [1.807, 2.05) is 0 Å². The Labute approximate surface area is 83.0 Å². The van der Waals surface area contributed by atoms with Crippen molar-refractivity contribution in [2.45, 2.75) is 18.7 Å². The Hall–Kier alpha value is -0.960. The quantitative estimate of drug-likeness (QED) is 0.441. The second-order valence-corrected chi connectivity index (χ2v) is 4.11. The molecule has 1 aromatic rings. The lowest BCUT2D eigenvalue weighted by molar-refractivity contribution is 1.28. The Balaban J connectivity index is 2.68. The van der Waals surface area contributed by atoms with Crippen LogP contribution in [0.15, 0.2) is 23.1 Å². The van der Waals surface area contributed by atoms with Gasteiger partial charge in [-0.1, -0.05) is 6.07 Å². The van der Waals surface area contributed by atoms with Crippen LogP contribution in [0.4, 0.5) is 0 Å². The van der Waals surface area contributed by atoms with Gasteiger partial charge >= 0.3 is 0 Å². The Bertz CT molecular complexity index is 321. The largest absolute Gasteiger partial charge is 0.387 e. The molecule has 0 amide bonds. The highest BCUT2D eigenvalue weighted by molar-refractivity contribution is 8.00. The van der Waals surface area contributed by atoms with E-state index in [1.165, 1.54) is 16.0 Å². The topological polar surface area (TPSA) is 49.9 Å². The van der Waals surface area contributed by atoms with E-state index in [1.54, 1.807) is 11.8 Å². The van der Waals surface area contributed by atoms with Crippen molar-refractivity contribution in [1.82, 2.24) is 0 Å². The van der Waals surface area contributed by atoms with Gasteiger partial charge in [-0.05, 0) is 37.1 Å². The fourth-order valence-corrected chi connectivity index (χ4v) is 1.71. The van der Waals surface area contributed by atoms with Crippen molar-refractivity contribution in [3.8, 4) is 0 Å². The third-order valence-electron chi connectivity index (χ3n) is 1.87. The van der Waals surface area contributed by atoms with E-state index >= 15 is 0 Å². The fraction of sp³-hybridized carbons (Fsp3) is 0.300. The maximum absolute atomic E-state index is 7.10. The van der Waals surface area contributed by atoms with E-state index in [9.17, 15) is 0 Å². The zero-order valence-corrected chi connectivity index (χ0v) is 8.74. The van der Waals surface area contributed by atoms with Gasteiger partial charge in [0.2, 0.25) is 0 Å². The van der Waals surface area contributed by atoms with Crippen LogP contribution >= 0.6 is 11.8 Å². The van der Waals surface area contributed by atoms with Crippen LogP contribution in [0.3, 0.4) is 0 Å². The van der Waals surface area contributed by atoms with Gasteiger partial charge in [-0.2, -0.15) is 0 Å². The van der Waals surface area contributed by atoms with Crippen molar-refractivity contribution in [1.29, 1.82) is 5.41 Å². The van der Waals surface area contributed by atoms with Crippen LogP contribution in [0.2, 0.25) is 0 Å². The van der Waals surface area contributed by atoms with E-state index in [0.717, 1.165) is 0 Å². The minimum absolute atomic E-state index is 0.225. The predicted octanol–water partition coefficient (Wildman–Crippen LogP) is 2.33. The predicted molar refractivity (Wildman–Crippen MR) is 58.6 cm³/mol. The number of hydrogen-bond donors (Lipinski definition) is 2. The minimum Gasteiger partial charge on any atom is -0.387 e. The maximum Gasteiger partial charge on any atom is 0.101 e. The SMILES string of the molecule is Cc1ccc(SCC(=N)N)cc1C. The lowest BCUT2D eigenvalue weighted by Gasteiger charge is -2.03. The van der Waals surface area contributed by atoms with Crippen LogP contribution in [0.1, 0.15) is 11.1 Å². The molecule has 0 aliphatic carbocycles. The summed E-state index contributed by atoms with van der Waals surface area (Å²) in [6.07, 6.45) is 0. The molecule has 1 aromatic carbocycles. The Morgan fingerprint density at radius 1 is 1.38 bits per heavy atom. The standard InChI is InChI=1S/C10H14N2S/c1-7-3-4-9(5-8(7)2)13-6-10(11)12/h3-5H,6H2,1-2H3,(H3,11,12). The Morgan fingerprint density at radius 3 is 2.62 bits per heavy atom. The van der Waals surface area contributed by atoms with E-state index in [-0.39, 0.29) is 5.84 Å². The van der Waals surface area contributed by atoms with Crippen molar-refractivity contribution < 1.29 is 0 Å². The van der Waals surface area contributed by atoms with Gasteiger partial charge in [-0.25, -0.2) is 0 Å². The molecule has 0 atom stereocenters. The molecule has 0 saturated heterocycles. The normalized spacial score (nSPS) is 10.0. The number of amidine groups is 1. The van der Waals surface area contributed by atoms with Gasteiger partial charge in [0, 0.05) is 4.90 Å². The van der Waals surface area contributed by atoms with Crippen molar-refractivity contribution in [2.75, 3.05) is 5.75 Å². The highest BCUT2D eigenvalue weighted by atomic mass is 32.2. The molecule has 13 heavy (non-hydrogen) atoms. The second-order valence-electron chi connectivity index (χ2n) is 3.06. The molecule has 0 spiro atoms. The molecule has 0 radical (unpaired) electrons. The van der Waals surface area contributed by atoms with Gasteiger partial charge in [-0.3, -0.25) is 5.41 Å². The van der Waals surface area contributed by atoms with E-state index in [2.05, 4.69) is 32.0 Å². The Morgan fingerprint density at radius 2 is 2.08 bits per heavy atom. The number of rotatable bonds is 3. The van der Waals surface area contributed by atoms with Crippen LogP contribution in [0.25, 0.3) is 0 Å². The number of hydrogen-bond acceptors (Lipinski definition) is 2. The lowest BCUT2D eigenvalue weighted by atomic mass is 10.1. The molecule has 0 unspecified atom stereocenters. The highest BCUT2D eigenvalue weighted by Gasteiger charge is 1.97. The van der Waals surface area contributed by atoms with Crippen LogP contribution in [0.5, 0.6) is 0 Å². The summed E-state index contributed by atoms with van der Waals surface area (Å²) in [5.41, 5.74) is 7.85. The number of benzene rings is 1. The molecule has 3 N–H and O–H groups in total. The first-order valence-corrected chi connectivity index (χ1v) is 5.11. The van der Waals surface area contributed by atoms with Crippen molar-refractivity contribution in [3.63, 3.8) is 0 Å². The molecular weight excluding hydrogens is 180 g/mol. The summed E-state index contributed by atoms with van der Waals surface area (Å²) in [5, 5.41) is 7.10. The van der Waals surface area contributed by atoms with Crippen molar-refractivity contribution in [3.05, 3.63) is 29.3 Å². The molecule has 70 valence electrons. The lowest BCUT2D eigenvalue weighted by Crippen LogP contribution is -2.11. The first kappa shape index (κ1) is 10.1. The molecule has 0 saturated carbocycles. The number of aryl methyl sites for hydroxylation is 2. The molecule has 2 nitrogen and oxygen atoms in total. The van der Waals surface area contributed by atoms with Gasteiger partial charge in [0.15, 0.2) is 0 Å². The molecule has 0 aromatic heterocycles. The van der Waals surface area contributed by atoms with E-state index < -0.39 is 0 Å². The third-order valence-corrected chi connectivity index (χ3v) is 2.92. The number of thioether (sulfide) groups is 1. The summed E-state index contributed by atoms with van der Waals surface area (Å²) in [4.78, 5) is 1.18. The van der Waals surface area contributed by atoms with E-state index in [0.29, 0.717) is 5.75 Å². The summed E-state index contributed by atoms with van der Waals surface area (Å²) in [7, 11) is 0. The summed E-state index contributed by atoms with van der Waals surface area (Å²) in [5.74, 6) is 0.797. The monoisotopic (exact) mass is 194 g/mol. The van der Waals surface area contributed by atoms with E-state index in [4.69, 9.17) is 11.1 Å². The first-order chi connectivity index (χ1) is 6.09. The summed E-state index contributed by atoms with van der Waals surface area (Å²) < 4.78 is 0. The van der Waals surface area contributed by atoms with Crippen LogP contribution in [0, 0.1) is 19.3 Å². The van der Waals surface area contributed by atoms with Gasteiger partial charge in [0.25, 0.3) is 0 Å². The molecule has 0 fully saturated rings. The van der Waals surface area contributed by atoms with Crippen molar-refractivity contribution >= 4 is 17.6 Å². The van der Waals surface area contributed by atoms with Crippen molar-refractivity contribution in [2.24, 2.45) is 5.73 Å². The molecule has 0 heterocycles. The maximum atomic E-state index is 7.10. The average molecular weight is 194 g/mol. The third kappa shape index (κ3) is 3.11. The molecule has 0 bridgehead atoms. The summed E-state index contributed by atoms with van der Waals surface area (Å²) >= 11 is 1.60. The van der Waals surface area contributed by atoms with Gasteiger partial charge < -0.3 is 5.73 Å². The van der Waals surface area contributed by atoms with Gasteiger partial charge in [0.05, 0.1) is 5.75 Å². The van der Waals surface area contributed by atoms with Crippen LogP contribution in [-0.4, -0.2) is 11.6 Å². The fourth-order valence-electron chi connectivity index (χ4n) is 0.965. The highest BCUT2D eigenvalue weighted by Crippen LogP contribution is 2.20. The molecule has 0 aliphatic heterocycles. The average Bonchev–Trinajstić information content (AvgIpc) is 2.07. The molecule has 0 aliphatic rings. The smallest absolute Gasteiger partial charge is 0.101 e. The van der Waals surface area contributed by atoms with Gasteiger partial charge in [0.1, 0.15) is 5.84 Å². The Kier molecular flexibility index (Phi) is 3.37. The van der Waals surface area contributed by atoms with Gasteiger partial charge in [-0.15, -0.1) is 11.8 Å². The number of nitrogens with one attached hydrogen (secondary N) is 1.